The molecule has 0 unspecified atom stereocenters. The molecule has 3 aromatic rings. The fraction of sp³-hybridized carbons (Fsp3) is 0.393. The Bertz CT molecular complexity index is 1430. The quantitative estimate of drug-likeness (QED) is 0.521. The molecule has 184 valence electrons. The van der Waals surface area contributed by atoms with Crippen molar-refractivity contribution in [2.45, 2.75) is 51.5 Å². The van der Waals surface area contributed by atoms with Gasteiger partial charge in [0.15, 0.2) is 0 Å². The number of hydrogen-bond donors (Lipinski definition) is 0. The lowest BCUT2D eigenvalue weighted by Gasteiger charge is -2.26. The molecule has 2 aliphatic heterocycles. The van der Waals surface area contributed by atoms with Crippen molar-refractivity contribution in [3.05, 3.63) is 70.9 Å². The number of aryl methyl sites for hydroxylation is 2. The second-order valence-corrected chi connectivity index (χ2v) is 11.7. The summed E-state index contributed by atoms with van der Waals surface area (Å²) in [7, 11) is -3.55. The first-order chi connectivity index (χ1) is 16.8. The van der Waals surface area contributed by atoms with Crippen LogP contribution >= 0.6 is 0 Å². The summed E-state index contributed by atoms with van der Waals surface area (Å²) >= 11 is 0. The van der Waals surface area contributed by atoms with Crippen LogP contribution in [0.5, 0.6) is 0 Å². The fourth-order valence-electron chi connectivity index (χ4n) is 5.36. The van der Waals surface area contributed by atoms with Gasteiger partial charge in [0.2, 0.25) is 15.9 Å². The van der Waals surface area contributed by atoms with Crippen LogP contribution in [0.1, 0.15) is 41.6 Å². The third-order valence-electron chi connectivity index (χ3n) is 7.59. The summed E-state index contributed by atoms with van der Waals surface area (Å²) in [5, 5.41) is 1.12. The molecule has 1 amide bonds. The maximum Gasteiger partial charge on any atom is 0.243 e. The number of para-hydroxylation sites is 1. The lowest BCUT2D eigenvalue weighted by atomic mass is 9.97. The van der Waals surface area contributed by atoms with Crippen molar-refractivity contribution in [3.8, 4) is 0 Å². The Balaban J connectivity index is 1.45. The van der Waals surface area contributed by atoms with E-state index >= 15 is 0 Å². The summed E-state index contributed by atoms with van der Waals surface area (Å²) < 4.78 is 30.2. The Morgan fingerprint density at radius 3 is 2.37 bits per heavy atom. The topological polar surface area (TPSA) is 62.6 Å². The van der Waals surface area contributed by atoms with Crippen molar-refractivity contribution in [2.24, 2.45) is 0 Å². The van der Waals surface area contributed by atoms with Crippen LogP contribution in [0.2, 0.25) is 0 Å². The molecule has 1 saturated heterocycles. The van der Waals surface area contributed by atoms with Crippen LogP contribution in [0.15, 0.2) is 53.4 Å². The van der Waals surface area contributed by atoms with E-state index in [1.807, 2.05) is 43.0 Å². The average molecular weight is 492 g/mol. The lowest BCUT2D eigenvalue weighted by molar-refractivity contribution is -0.130. The average Bonchev–Trinajstić information content (AvgIpc) is 3.48. The fourth-order valence-corrected chi connectivity index (χ4v) is 6.83. The predicted octanol–water partition coefficient (Wildman–Crippen LogP) is 4.67. The van der Waals surface area contributed by atoms with Crippen molar-refractivity contribution in [3.63, 3.8) is 0 Å². The number of likely N-dealkylation sites (tertiary alicyclic amines) is 1. The molecular weight excluding hydrogens is 458 g/mol. The molecule has 2 aromatic carbocycles. The van der Waals surface area contributed by atoms with E-state index in [1.165, 1.54) is 0 Å². The van der Waals surface area contributed by atoms with Crippen LogP contribution in [0.3, 0.4) is 0 Å². The second-order valence-electron chi connectivity index (χ2n) is 9.74. The van der Waals surface area contributed by atoms with Gasteiger partial charge in [-0.15, -0.1) is 0 Å². The predicted molar refractivity (Wildman–Crippen MR) is 140 cm³/mol. The number of aromatic nitrogens is 1. The molecule has 3 heterocycles. The van der Waals surface area contributed by atoms with Crippen molar-refractivity contribution in [1.29, 1.82) is 0 Å². The summed E-state index contributed by atoms with van der Waals surface area (Å²) in [5.41, 5.74) is 6.47. The van der Waals surface area contributed by atoms with Gasteiger partial charge < -0.3 is 9.47 Å². The summed E-state index contributed by atoms with van der Waals surface area (Å²) in [6.45, 7) is 8.82. The summed E-state index contributed by atoms with van der Waals surface area (Å²) in [6, 6.07) is 13.5. The SMILES string of the molecule is Cc1ccc(S(=O)(=O)N2CC=C(c3c(C)n(CC(=O)N4CCCC4)c4ccccc34)CC2)cc1C. The van der Waals surface area contributed by atoms with Gasteiger partial charge in [-0.2, -0.15) is 4.31 Å². The molecule has 5 rings (SSSR count). The molecule has 0 N–H and O–H groups in total. The van der Waals surface area contributed by atoms with E-state index in [2.05, 4.69) is 23.6 Å². The minimum Gasteiger partial charge on any atom is -0.341 e. The van der Waals surface area contributed by atoms with Gasteiger partial charge in [0.1, 0.15) is 6.54 Å². The van der Waals surface area contributed by atoms with Crippen molar-refractivity contribution < 1.29 is 13.2 Å². The minimum absolute atomic E-state index is 0.168. The van der Waals surface area contributed by atoms with E-state index in [-0.39, 0.29) is 5.91 Å². The first-order valence-corrected chi connectivity index (χ1v) is 13.8. The smallest absolute Gasteiger partial charge is 0.243 e. The zero-order valence-electron chi connectivity index (χ0n) is 20.8. The number of rotatable bonds is 5. The normalized spacial score (nSPS) is 17.2. The first-order valence-electron chi connectivity index (χ1n) is 12.4. The Morgan fingerprint density at radius 1 is 0.943 bits per heavy atom. The maximum atomic E-state index is 13.3. The zero-order valence-corrected chi connectivity index (χ0v) is 21.6. The third kappa shape index (κ3) is 4.32. The van der Waals surface area contributed by atoms with Gasteiger partial charge in [-0.25, -0.2) is 8.42 Å². The number of carbonyl (C=O) groups is 1. The van der Waals surface area contributed by atoms with Gasteiger partial charge in [-0.3, -0.25) is 4.79 Å². The van der Waals surface area contributed by atoms with Gasteiger partial charge in [0, 0.05) is 48.3 Å². The number of amides is 1. The number of benzene rings is 2. The van der Waals surface area contributed by atoms with Gasteiger partial charge in [0.05, 0.1) is 4.90 Å². The molecule has 0 bridgehead atoms. The first kappa shape index (κ1) is 23.8. The van der Waals surface area contributed by atoms with Crippen molar-refractivity contribution in [1.82, 2.24) is 13.8 Å². The summed E-state index contributed by atoms with van der Waals surface area (Å²) in [6.07, 6.45) is 4.84. The van der Waals surface area contributed by atoms with Crippen molar-refractivity contribution >= 4 is 32.4 Å². The Hall–Kier alpha value is -2.90. The Kier molecular flexibility index (Phi) is 6.32. The minimum atomic E-state index is -3.55. The third-order valence-corrected chi connectivity index (χ3v) is 9.45. The molecule has 0 radical (unpaired) electrons. The highest BCUT2D eigenvalue weighted by molar-refractivity contribution is 7.89. The van der Waals surface area contributed by atoms with E-state index < -0.39 is 10.0 Å². The Labute approximate surface area is 207 Å². The molecular formula is C28H33N3O3S. The van der Waals surface area contributed by atoms with Crippen LogP contribution in [0.4, 0.5) is 0 Å². The summed E-state index contributed by atoms with van der Waals surface area (Å²) in [4.78, 5) is 15.3. The molecule has 7 heteroatoms. The Morgan fingerprint density at radius 2 is 1.69 bits per heavy atom. The van der Waals surface area contributed by atoms with Crippen LogP contribution < -0.4 is 0 Å². The van der Waals surface area contributed by atoms with Gasteiger partial charge in [-0.05, 0) is 74.9 Å². The van der Waals surface area contributed by atoms with Crippen LogP contribution in [-0.2, 0) is 21.4 Å². The molecule has 1 fully saturated rings. The van der Waals surface area contributed by atoms with E-state index in [0.29, 0.717) is 31.0 Å². The van der Waals surface area contributed by atoms with Gasteiger partial charge in [-0.1, -0.05) is 30.3 Å². The monoisotopic (exact) mass is 491 g/mol. The highest BCUT2D eigenvalue weighted by atomic mass is 32.2. The van der Waals surface area contributed by atoms with Crippen LogP contribution in [0, 0.1) is 20.8 Å². The van der Waals surface area contributed by atoms with Gasteiger partial charge in [0.25, 0.3) is 0 Å². The van der Waals surface area contributed by atoms with E-state index in [1.54, 1.807) is 16.4 Å². The van der Waals surface area contributed by atoms with Crippen LogP contribution in [0.25, 0.3) is 16.5 Å². The van der Waals surface area contributed by atoms with Crippen LogP contribution in [-0.4, -0.2) is 54.3 Å². The molecule has 0 spiro atoms. The summed E-state index contributed by atoms with van der Waals surface area (Å²) in [5.74, 6) is 0.168. The molecule has 0 atom stereocenters. The van der Waals surface area contributed by atoms with E-state index in [4.69, 9.17) is 0 Å². The van der Waals surface area contributed by atoms with Gasteiger partial charge >= 0.3 is 0 Å². The number of hydrogen-bond acceptors (Lipinski definition) is 3. The number of nitrogens with zero attached hydrogens (tertiary/aromatic N) is 3. The molecule has 2 aliphatic rings. The molecule has 0 saturated carbocycles. The molecule has 35 heavy (non-hydrogen) atoms. The highest BCUT2D eigenvalue weighted by Gasteiger charge is 2.29. The number of carbonyl (C=O) groups excluding carboxylic acids is 1. The number of fused-ring (bicyclic) bond motifs is 1. The van der Waals surface area contributed by atoms with E-state index in [0.717, 1.165) is 64.8 Å². The standard InChI is InChI=1S/C28H33N3O3S/c1-20-10-11-24(18-21(20)2)35(33,34)30-16-12-23(13-17-30)28-22(3)31(26-9-5-4-8-25(26)28)19-27(32)29-14-6-7-15-29/h4-5,8-12,18H,6-7,13-17,19H2,1-3H3. The largest absolute Gasteiger partial charge is 0.341 e. The van der Waals surface area contributed by atoms with E-state index in [9.17, 15) is 13.2 Å². The lowest BCUT2D eigenvalue weighted by Crippen LogP contribution is -2.34. The zero-order chi connectivity index (χ0) is 24.7. The number of sulfonamides is 1. The highest BCUT2D eigenvalue weighted by Crippen LogP contribution is 2.35. The second kappa shape index (κ2) is 9.28. The molecule has 1 aromatic heterocycles. The maximum absolute atomic E-state index is 13.3. The molecule has 0 aliphatic carbocycles. The van der Waals surface area contributed by atoms with Crippen molar-refractivity contribution in [2.75, 3.05) is 26.2 Å². The molecule has 6 nitrogen and oxygen atoms in total.